The van der Waals surface area contributed by atoms with Gasteiger partial charge in [-0.15, -0.1) is 0 Å². The van der Waals surface area contributed by atoms with Gasteiger partial charge in [-0.1, -0.05) is 25.1 Å². The van der Waals surface area contributed by atoms with Crippen LogP contribution in [0.1, 0.15) is 36.1 Å². The Balaban J connectivity index is 1.85. The second-order valence-electron chi connectivity index (χ2n) is 5.44. The average Bonchev–Trinajstić information content (AvgIpc) is 2.52. The zero-order valence-electron chi connectivity index (χ0n) is 12.3. The molecule has 0 saturated carbocycles. The third-order valence-corrected chi connectivity index (χ3v) is 3.87. The molecule has 0 aromatic heterocycles. The maximum Gasteiger partial charge on any atom is 0.119 e. The van der Waals surface area contributed by atoms with Crippen LogP contribution in [-0.4, -0.2) is 18.3 Å². The van der Waals surface area contributed by atoms with E-state index in [2.05, 4.69) is 24.4 Å². The smallest absolute Gasteiger partial charge is 0.119 e. The molecule has 21 heavy (non-hydrogen) atoms. The molecule has 0 bridgehead atoms. The number of benzene rings is 2. The van der Waals surface area contributed by atoms with Gasteiger partial charge in [0.1, 0.15) is 11.5 Å². The van der Waals surface area contributed by atoms with Crippen LogP contribution >= 0.6 is 0 Å². The van der Waals surface area contributed by atoms with Crippen molar-refractivity contribution in [1.82, 2.24) is 5.32 Å². The molecule has 3 rings (SSSR count). The molecule has 110 valence electrons. The molecule has 3 heteroatoms. The first-order valence-electron chi connectivity index (χ1n) is 7.56. The van der Waals surface area contributed by atoms with Gasteiger partial charge in [-0.25, -0.2) is 0 Å². The standard InChI is InChI=1S/C18H21NO2/c1-2-11-21-16-6-3-13(4-7-16)18-17-8-5-15(20)12-14(17)9-10-19-18/h3-8,12,18-20H,2,9-11H2,1H3. The first-order valence-corrected chi connectivity index (χ1v) is 7.56. The van der Waals surface area contributed by atoms with Crippen molar-refractivity contribution in [3.8, 4) is 11.5 Å². The normalized spacial score (nSPS) is 17.3. The van der Waals surface area contributed by atoms with Crippen molar-refractivity contribution in [2.45, 2.75) is 25.8 Å². The van der Waals surface area contributed by atoms with Gasteiger partial charge in [0.15, 0.2) is 0 Å². The third-order valence-electron chi connectivity index (χ3n) is 3.87. The molecule has 1 aliphatic rings. The fourth-order valence-electron chi connectivity index (χ4n) is 2.83. The van der Waals surface area contributed by atoms with Crippen LogP contribution in [0.5, 0.6) is 11.5 Å². The molecule has 0 saturated heterocycles. The molecule has 0 fully saturated rings. The Hall–Kier alpha value is -2.00. The first kappa shape index (κ1) is 14.0. The molecule has 0 amide bonds. The summed E-state index contributed by atoms with van der Waals surface area (Å²) in [5.41, 5.74) is 3.71. The minimum atomic E-state index is 0.189. The average molecular weight is 283 g/mol. The van der Waals surface area contributed by atoms with Crippen molar-refractivity contribution >= 4 is 0 Å². The summed E-state index contributed by atoms with van der Waals surface area (Å²) in [6.07, 6.45) is 1.97. The summed E-state index contributed by atoms with van der Waals surface area (Å²) in [5, 5.41) is 13.2. The van der Waals surface area contributed by atoms with Crippen molar-refractivity contribution in [1.29, 1.82) is 0 Å². The van der Waals surface area contributed by atoms with E-state index in [1.165, 1.54) is 16.7 Å². The molecule has 0 aliphatic carbocycles. The molecule has 1 atom stereocenters. The number of fused-ring (bicyclic) bond motifs is 1. The van der Waals surface area contributed by atoms with Crippen molar-refractivity contribution in [2.24, 2.45) is 0 Å². The van der Waals surface area contributed by atoms with Gasteiger partial charge in [0.25, 0.3) is 0 Å². The van der Waals surface area contributed by atoms with Crippen LogP contribution < -0.4 is 10.1 Å². The minimum Gasteiger partial charge on any atom is -0.508 e. The SMILES string of the molecule is CCCOc1ccc(C2NCCc3cc(O)ccc32)cc1. The van der Waals surface area contributed by atoms with Crippen LogP contribution in [-0.2, 0) is 6.42 Å². The Morgan fingerprint density at radius 1 is 1.19 bits per heavy atom. The molecule has 1 aliphatic heterocycles. The van der Waals surface area contributed by atoms with E-state index in [1.807, 2.05) is 24.3 Å². The molecule has 1 unspecified atom stereocenters. The van der Waals surface area contributed by atoms with Crippen LogP contribution in [0.25, 0.3) is 0 Å². The van der Waals surface area contributed by atoms with E-state index >= 15 is 0 Å². The fraction of sp³-hybridized carbons (Fsp3) is 0.333. The fourth-order valence-corrected chi connectivity index (χ4v) is 2.83. The number of hydrogen-bond acceptors (Lipinski definition) is 3. The number of nitrogens with one attached hydrogen (secondary N) is 1. The Morgan fingerprint density at radius 3 is 2.76 bits per heavy atom. The Kier molecular flexibility index (Phi) is 4.11. The summed E-state index contributed by atoms with van der Waals surface area (Å²) in [7, 11) is 0. The van der Waals surface area contributed by atoms with Crippen molar-refractivity contribution < 1.29 is 9.84 Å². The molecule has 2 N–H and O–H groups in total. The summed E-state index contributed by atoms with van der Waals surface area (Å²) >= 11 is 0. The molecular weight excluding hydrogens is 262 g/mol. The largest absolute Gasteiger partial charge is 0.508 e. The molecule has 2 aromatic rings. The second-order valence-corrected chi connectivity index (χ2v) is 5.44. The number of hydrogen-bond donors (Lipinski definition) is 2. The van der Waals surface area contributed by atoms with Crippen LogP contribution in [0, 0.1) is 0 Å². The predicted octanol–water partition coefficient (Wildman–Crippen LogP) is 3.42. The van der Waals surface area contributed by atoms with Gasteiger partial charge in [0, 0.05) is 6.54 Å². The number of aromatic hydroxyl groups is 1. The van der Waals surface area contributed by atoms with Gasteiger partial charge >= 0.3 is 0 Å². The quantitative estimate of drug-likeness (QED) is 0.903. The third kappa shape index (κ3) is 3.03. The zero-order valence-corrected chi connectivity index (χ0v) is 12.3. The predicted molar refractivity (Wildman–Crippen MR) is 83.9 cm³/mol. The highest BCUT2D eigenvalue weighted by molar-refractivity contribution is 5.44. The van der Waals surface area contributed by atoms with Gasteiger partial charge < -0.3 is 15.2 Å². The molecule has 1 heterocycles. The maximum atomic E-state index is 9.63. The monoisotopic (exact) mass is 283 g/mol. The van der Waals surface area contributed by atoms with Crippen LogP contribution in [0.3, 0.4) is 0 Å². The van der Waals surface area contributed by atoms with Crippen molar-refractivity contribution in [3.05, 3.63) is 59.2 Å². The highest BCUT2D eigenvalue weighted by Crippen LogP contribution is 2.31. The lowest BCUT2D eigenvalue weighted by Crippen LogP contribution is -2.30. The summed E-state index contributed by atoms with van der Waals surface area (Å²) in [4.78, 5) is 0. The zero-order chi connectivity index (χ0) is 14.7. The van der Waals surface area contributed by atoms with Crippen LogP contribution in [0.4, 0.5) is 0 Å². The number of phenolic OH excluding ortho intramolecular Hbond substituents is 1. The van der Waals surface area contributed by atoms with Crippen molar-refractivity contribution in [3.63, 3.8) is 0 Å². The Morgan fingerprint density at radius 2 is 2.00 bits per heavy atom. The van der Waals surface area contributed by atoms with E-state index in [9.17, 15) is 5.11 Å². The molecule has 0 radical (unpaired) electrons. The molecule has 2 aromatic carbocycles. The summed E-state index contributed by atoms with van der Waals surface area (Å²) in [6, 6.07) is 14.1. The van der Waals surface area contributed by atoms with Crippen molar-refractivity contribution in [2.75, 3.05) is 13.2 Å². The van der Waals surface area contributed by atoms with E-state index in [0.29, 0.717) is 5.75 Å². The highest BCUT2D eigenvalue weighted by Gasteiger charge is 2.21. The summed E-state index contributed by atoms with van der Waals surface area (Å²) in [6.45, 7) is 3.78. The lowest BCUT2D eigenvalue weighted by molar-refractivity contribution is 0.317. The lowest BCUT2D eigenvalue weighted by atomic mass is 9.90. The molecular formula is C18H21NO2. The van der Waals surface area contributed by atoms with E-state index in [4.69, 9.17) is 4.74 Å². The molecule has 0 spiro atoms. The van der Waals surface area contributed by atoms with Crippen LogP contribution in [0.2, 0.25) is 0 Å². The Labute approximate surface area is 125 Å². The summed E-state index contributed by atoms with van der Waals surface area (Å²) < 4.78 is 5.63. The number of rotatable bonds is 4. The van der Waals surface area contributed by atoms with Gasteiger partial charge in [-0.05, 0) is 53.8 Å². The highest BCUT2D eigenvalue weighted by atomic mass is 16.5. The van der Waals surface area contributed by atoms with Gasteiger partial charge in [0.05, 0.1) is 12.6 Å². The number of phenols is 1. The van der Waals surface area contributed by atoms with Gasteiger partial charge in [-0.2, -0.15) is 0 Å². The van der Waals surface area contributed by atoms with Crippen LogP contribution in [0.15, 0.2) is 42.5 Å². The Bertz CT molecular complexity index is 607. The number of ether oxygens (including phenoxy) is 1. The first-order chi connectivity index (χ1) is 10.3. The minimum absolute atomic E-state index is 0.189. The molecule has 3 nitrogen and oxygen atoms in total. The van der Waals surface area contributed by atoms with E-state index in [0.717, 1.165) is 31.7 Å². The maximum absolute atomic E-state index is 9.63. The lowest BCUT2D eigenvalue weighted by Gasteiger charge is -2.27. The topological polar surface area (TPSA) is 41.5 Å². The van der Waals surface area contributed by atoms with E-state index in [-0.39, 0.29) is 6.04 Å². The van der Waals surface area contributed by atoms with Gasteiger partial charge in [0.2, 0.25) is 0 Å². The van der Waals surface area contributed by atoms with E-state index in [1.54, 1.807) is 6.07 Å². The second kappa shape index (κ2) is 6.19. The van der Waals surface area contributed by atoms with E-state index < -0.39 is 0 Å². The van der Waals surface area contributed by atoms with Gasteiger partial charge in [-0.3, -0.25) is 0 Å². The summed E-state index contributed by atoms with van der Waals surface area (Å²) in [5.74, 6) is 1.26.